The molecule has 0 radical (unpaired) electrons. The molecule has 30 heavy (non-hydrogen) atoms. The monoisotopic (exact) mass is 443 g/mol. The molecular weight excluding hydrogens is 425 g/mol. The minimum absolute atomic E-state index is 0.176. The molecule has 5 nitrogen and oxygen atoms in total. The second-order valence-electron chi connectivity index (χ2n) is 6.19. The summed E-state index contributed by atoms with van der Waals surface area (Å²) in [6.45, 7) is -0.964. The van der Waals surface area contributed by atoms with Crippen LogP contribution in [0.15, 0.2) is 101 Å². The van der Waals surface area contributed by atoms with Gasteiger partial charge in [0.15, 0.2) is 6.17 Å². The predicted molar refractivity (Wildman–Crippen MR) is 112 cm³/mol. The van der Waals surface area contributed by atoms with Crippen molar-refractivity contribution in [1.29, 1.82) is 0 Å². The molecule has 0 saturated carbocycles. The Hall–Kier alpha value is -2.99. The van der Waals surface area contributed by atoms with Crippen LogP contribution in [0.1, 0.15) is 5.56 Å². The predicted octanol–water partition coefficient (Wildman–Crippen LogP) is 3.46. The zero-order valence-corrected chi connectivity index (χ0v) is 17.4. The Morgan fingerprint density at radius 1 is 0.700 bits per heavy atom. The molecule has 3 aromatic rings. The van der Waals surface area contributed by atoms with Crippen LogP contribution in [0.2, 0.25) is 0 Å². The molecule has 8 heteroatoms. The van der Waals surface area contributed by atoms with Gasteiger partial charge in [0.2, 0.25) is 0 Å². The Morgan fingerprint density at radius 3 is 1.53 bits per heavy atom. The van der Waals surface area contributed by atoms with E-state index in [9.17, 15) is 21.2 Å². The van der Waals surface area contributed by atoms with E-state index in [1.807, 2.05) is 0 Å². The van der Waals surface area contributed by atoms with Gasteiger partial charge in [0.25, 0.3) is 20.0 Å². The van der Waals surface area contributed by atoms with Crippen molar-refractivity contribution in [2.75, 3.05) is 6.54 Å². The van der Waals surface area contributed by atoms with Crippen molar-refractivity contribution in [3.05, 3.63) is 96.6 Å². The lowest BCUT2D eigenvalue weighted by molar-refractivity contribution is 0.364. The molecule has 0 bridgehead atoms. The van der Waals surface area contributed by atoms with Gasteiger partial charge in [-0.25, -0.2) is 21.2 Å². The van der Waals surface area contributed by atoms with Crippen molar-refractivity contribution in [2.45, 2.75) is 16.0 Å². The molecule has 1 unspecified atom stereocenters. The average Bonchev–Trinajstić information content (AvgIpc) is 2.77. The highest BCUT2D eigenvalue weighted by atomic mass is 32.3. The Bertz CT molecular complexity index is 1180. The maximum Gasteiger partial charge on any atom is 0.256 e. The number of nitrogens with zero attached hydrogens (tertiary/aromatic N) is 1. The standard InChI is InChI=1S/C22H18FNO4S2/c23-20(17-16-19-10-4-1-5-11-19)18-24(29(25,26)21-12-6-2-7-13-21)30(27,28)22-14-8-3-9-15-22/h1-15,20H,18H2. The Balaban J connectivity index is 2.01. The van der Waals surface area contributed by atoms with E-state index in [2.05, 4.69) is 11.8 Å². The summed E-state index contributed by atoms with van der Waals surface area (Å²) < 4.78 is 67.2. The maximum atomic E-state index is 14.7. The molecule has 3 aromatic carbocycles. The fraction of sp³-hybridized carbons (Fsp3) is 0.0909. The van der Waals surface area contributed by atoms with Gasteiger partial charge in [-0.3, -0.25) is 0 Å². The van der Waals surface area contributed by atoms with Gasteiger partial charge in [0.05, 0.1) is 16.3 Å². The minimum Gasteiger partial charge on any atom is -0.232 e. The smallest absolute Gasteiger partial charge is 0.232 e. The largest absolute Gasteiger partial charge is 0.256 e. The molecule has 0 aliphatic rings. The first-order valence-electron chi connectivity index (χ1n) is 8.90. The zero-order valence-electron chi connectivity index (χ0n) is 15.7. The van der Waals surface area contributed by atoms with Crippen molar-refractivity contribution in [2.24, 2.45) is 0 Å². The first-order valence-corrected chi connectivity index (χ1v) is 11.8. The van der Waals surface area contributed by atoms with Crippen molar-refractivity contribution in [1.82, 2.24) is 3.71 Å². The summed E-state index contributed by atoms with van der Waals surface area (Å²) in [5.74, 6) is 4.88. The number of hydrogen-bond acceptors (Lipinski definition) is 4. The summed E-state index contributed by atoms with van der Waals surface area (Å²) in [6.07, 6.45) is -2.03. The quantitative estimate of drug-likeness (QED) is 0.547. The molecule has 3 rings (SSSR count). The maximum absolute atomic E-state index is 14.7. The van der Waals surface area contributed by atoms with E-state index >= 15 is 0 Å². The van der Waals surface area contributed by atoms with Gasteiger partial charge >= 0.3 is 0 Å². The molecule has 0 aliphatic heterocycles. The number of sulfonamides is 2. The van der Waals surface area contributed by atoms with Crippen LogP contribution in [0.4, 0.5) is 4.39 Å². The second-order valence-corrected chi connectivity index (χ2v) is 10.2. The average molecular weight is 444 g/mol. The molecule has 0 saturated heterocycles. The van der Waals surface area contributed by atoms with Crippen LogP contribution in [-0.4, -0.2) is 33.3 Å². The molecule has 0 aromatic heterocycles. The van der Waals surface area contributed by atoms with Gasteiger partial charge in [-0.1, -0.05) is 70.1 Å². The van der Waals surface area contributed by atoms with E-state index in [1.165, 1.54) is 48.5 Å². The van der Waals surface area contributed by atoms with Crippen LogP contribution in [0.3, 0.4) is 0 Å². The van der Waals surface area contributed by atoms with Crippen LogP contribution < -0.4 is 0 Å². The number of halogens is 1. The highest BCUT2D eigenvalue weighted by molar-refractivity contribution is 8.04. The molecule has 0 N–H and O–H groups in total. The topological polar surface area (TPSA) is 71.5 Å². The lowest BCUT2D eigenvalue weighted by Gasteiger charge is -2.22. The van der Waals surface area contributed by atoms with E-state index in [-0.39, 0.29) is 13.5 Å². The normalized spacial score (nSPS) is 12.7. The molecule has 0 aliphatic carbocycles. The third kappa shape index (κ3) is 4.94. The van der Waals surface area contributed by atoms with Gasteiger partial charge in [0.1, 0.15) is 0 Å². The van der Waals surface area contributed by atoms with E-state index in [4.69, 9.17) is 0 Å². The van der Waals surface area contributed by atoms with E-state index in [0.717, 1.165) is 0 Å². The summed E-state index contributed by atoms with van der Waals surface area (Å²) in [5.41, 5.74) is 0.531. The Kier molecular flexibility index (Phi) is 6.67. The number of alkyl halides is 1. The fourth-order valence-electron chi connectivity index (χ4n) is 2.61. The number of hydrogen-bond donors (Lipinski definition) is 0. The van der Waals surface area contributed by atoms with Crippen molar-refractivity contribution >= 4 is 20.0 Å². The molecule has 0 fully saturated rings. The van der Waals surface area contributed by atoms with Crippen LogP contribution in [-0.2, 0) is 20.0 Å². The molecule has 0 heterocycles. The molecule has 1 atom stereocenters. The van der Waals surface area contributed by atoms with Gasteiger partial charge < -0.3 is 0 Å². The third-order valence-electron chi connectivity index (χ3n) is 4.07. The zero-order chi connectivity index (χ0) is 21.6. The summed E-state index contributed by atoms with van der Waals surface area (Å²) in [6, 6.07) is 22.6. The summed E-state index contributed by atoms with van der Waals surface area (Å²) in [4.78, 5) is -0.513. The van der Waals surface area contributed by atoms with Crippen molar-refractivity contribution in [3.63, 3.8) is 0 Å². The van der Waals surface area contributed by atoms with Crippen LogP contribution in [0.25, 0.3) is 0 Å². The summed E-state index contributed by atoms with van der Waals surface area (Å²) >= 11 is 0. The van der Waals surface area contributed by atoms with Gasteiger partial charge in [-0.15, -0.1) is 0 Å². The Labute approximate surface area is 175 Å². The Morgan fingerprint density at radius 2 is 1.10 bits per heavy atom. The van der Waals surface area contributed by atoms with Crippen LogP contribution >= 0.6 is 0 Å². The van der Waals surface area contributed by atoms with Crippen LogP contribution in [0.5, 0.6) is 0 Å². The lowest BCUT2D eigenvalue weighted by atomic mass is 10.2. The van der Waals surface area contributed by atoms with Crippen molar-refractivity contribution < 1.29 is 21.2 Å². The summed E-state index contributed by atoms with van der Waals surface area (Å²) in [5, 5.41) is 0. The number of benzene rings is 3. The van der Waals surface area contributed by atoms with Gasteiger partial charge in [0, 0.05) is 5.56 Å². The molecule has 0 amide bonds. The fourth-order valence-corrected chi connectivity index (χ4v) is 6.28. The first kappa shape index (κ1) is 21.7. The van der Waals surface area contributed by atoms with E-state index in [1.54, 1.807) is 42.5 Å². The van der Waals surface area contributed by atoms with Crippen molar-refractivity contribution in [3.8, 4) is 11.8 Å². The highest BCUT2D eigenvalue weighted by Crippen LogP contribution is 2.25. The lowest BCUT2D eigenvalue weighted by Crippen LogP contribution is -2.40. The van der Waals surface area contributed by atoms with E-state index < -0.39 is 32.8 Å². The molecule has 154 valence electrons. The van der Waals surface area contributed by atoms with E-state index in [0.29, 0.717) is 5.56 Å². The molecular formula is C22H18FNO4S2. The second kappa shape index (κ2) is 9.22. The van der Waals surface area contributed by atoms with Gasteiger partial charge in [-0.05, 0) is 36.4 Å². The van der Waals surface area contributed by atoms with Gasteiger partial charge in [-0.2, -0.15) is 0 Å². The first-order chi connectivity index (χ1) is 14.3. The highest BCUT2D eigenvalue weighted by Gasteiger charge is 2.38. The third-order valence-corrected chi connectivity index (χ3v) is 8.36. The van der Waals surface area contributed by atoms with Crippen LogP contribution in [0, 0.1) is 11.8 Å². The minimum atomic E-state index is -4.55. The number of rotatable bonds is 6. The summed E-state index contributed by atoms with van der Waals surface area (Å²) in [7, 11) is -9.09. The molecule has 0 spiro atoms. The SMILES string of the molecule is O=S(=O)(c1ccccc1)N(CC(F)C#Cc1ccccc1)S(=O)(=O)c1ccccc1.